The highest BCUT2D eigenvalue weighted by molar-refractivity contribution is 5.18. The van der Waals surface area contributed by atoms with Crippen LogP contribution >= 0.6 is 0 Å². The molecule has 0 radical (unpaired) electrons. The van der Waals surface area contributed by atoms with E-state index in [2.05, 4.69) is 9.97 Å². The fraction of sp³-hybridized carbons (Fsp3) is 0.333. The lowest BCUT2D eigenvalue weighted by Crippen LogP contribution is -2.07. The van der Waals surface area contributed by atoms with Crippen molar-refractivity contribution in [1.29, 1.82) is 0 Å². The second-order valence-corrected chi connectivity index (χ2v) is 3.48. The topological polar surface area (TPSA) is 142 Å². The fourth-order valence-corrected chi connectivity index (χ4v) is 1.33. The van der Waals surface area contributed by atoms with Crippen molar-refractivity contribution in [1.82, 2.24) is 19.2 Å². The molecule has 0 saturated carbocycles. The third kappa shape index (κ3) is 3.84. The molecule has 0 aliphatic heterocycles. The van der Waals surface area contributed by atoms with Gasteiger partial charge in [-0.25, -0.2) is 24.6 Å². The molecule has 0 aliphatic rings. The first-order valence-corrected chi connectivity index (χ1v) is 5.37. The van der Waals surface area contributed by atoms with Gasteiger partial charge in [-0.05, 0) is 4.92 Å². The van der Waals surface area contributed by atoms with Crippen LogP contribution in [0.5, 0.6) is 0 Å². The number of aryl methyl sites for hydroxylation is 1. The van der Waals surface area contributed by atoms with Crippen LogP contribution in [0.3, 0.4) is 0 Å². The average molecular weight is 284 g/mol. The lowest BCUT2D eigenvalue weighted by molar-refractivity contribution is -0.542. The van der Waals surface area contributed by atoms with Crippen molar-refractivity contribution in [3.05, 3.63) is 51.0 Å². The maximum absolute atomic E-state index is 10.4. The smallest absolute Gasteiger partial charge is 0.342 e. The van der Waals surface area contributed by atoms with Gasteiger partial charge in [-0.1, -0.05) is 4.68 Å². The number of nitrogens with zero attached hydrogens (tertiary/aromatic N) is 6. The molecule has 2 aromatic heterocycles. The Hall–Kier alpha value is -2.82. The Labute approximate surface area is 112 Å². The molecule has 0 unspecified atom stereocenters. The standard InChI is InChI=1S/C6H9N3O3.C3H3N3O2/c1-5-7-4-6(9(11)12)8(5)2-3-10;7-6(8)5-2-1-4-3-5/h4,10H,2-3H2,1H3;1-3H. The van der Waals surface area contributed by atoms with Gasteiger partial charge in [0.25, 0.3) is 0 Å². The first kappa shape index (κ1) is 15.2. The molecule has 108 valence electrons. The predicted molar refractivity (Wildman–Crippen MR) is 65.3 cm³/mol. The number of aromatic nitrogens is 4. The summed E-state index contributed by atoms with van der Waals surface area (Å²) in [6.45, 7) is 1.74. The van der Waals surface area contributed by atoms with Crippen LogP contribution in [0.15, 0.2) is 24.9 Å². The van der Waals surface area contributed by atoms with E-state index < -0.39 is 9.96 Å². The van der Waals surface area contributed by atoms with Crippen LogP contribution in [0.1, 0.15) is 5.82 Å². The second kappa shape index (κ2) is 6.94. The first-order valence-electron chi connectivity index (χ1n) is 5.37. The summed E-state index contributed by atoms with van der Waals surface area (Å²) in [5.41, 5.74) is 0. The highest BCUT2D eigenvalue weighted by atomic mass is 16.7. The fourth-order valence-electron chi connectivity index (χ4n) is 1.33. The van der Waals surface area contributed by atoms with Crippen molar-refractivity contribution in [2.45, 2.75) is 13.5 Å². The van der Waals surface area contributed by atoms with Gasteiger partial charge in [0, 0.05) is 6.92 Å². The van der Waals surface area contributed by atoms with Gasteiger partial charge in [0.15, 0.2) is 17.2 Å². The number of rotatable bonds is 4. The molecule has 1 N–H and O–H groups in total. The molecule has 11 nitrogen and oxygen atoms in total. The highest BCUT2D eigenvalue weighted by Crippen LogP contribution is 2.12. The van der Waals surface area contributed by atoms with Gasteiger partial charge >= 0.3 is 5.82 Å². The minimum absolute atomic E-state index is 0.0819. The van der Waals surface area contributed by atoms with E-state index in [0.29, 0.717) is 5.82 Å². The molecule has 0 fully saturated rings. The van der Waals surface area contributed by atoms with Crippen LogP contribution in [0.4, 0.5) is 5.82 Å². The molecule has 2 rings (SSSR count). The van der Waals surface area contributed by atoms with Crippen molar-refractivity contribution in [3.63, 3.8) is 0 Å². The largest absolute Gasteiger partial charge is 0.392 e. The van der Waals surface area contributed by atoms with E-state index in [0.717, 1.165) is 11.0 Å². The van der Waals surface area contributed by atoms with Gasteiger partial charge in [-0.2, -0.15) is 0 Å². The summed E-state index contributed by atoms with van der Waals surface area (Å²) in [5.74, 6) is 0.456. The number of hydrogen-bond acceptors (Lipinski definition) is 7. The molecule has 0 spiro atoms. The van der Waals surface area contributed by atoms with E-state index >= 15 is 0 Å². The maximum atomic E-state index is 10.4. The number of nitro groups is 2. The monoisotopic (exact) mass is 284 g/mol. The van der Waals surface area contributed by atoms with E-state index in [9.17, 15) is 20.2 Å². The molecule has 0 bridgehead atoms. The molecule has 0 aliphatic carbocycles. The molecule has 0 amide bonds. The van der Waals surface area contributed by atoms with Crippen LogP contribution in [-0.2, 0) is 6.54 Å². The second-order valence-electron chi connectivity index (χ2n) is 3.48. The normalized spacial score (nSPS) is 9.70. The van der Waals surface area contributed by atoms with Crippen LogP contribution in [0, 0.1) is 27.2 Å². The summed E-state index contributed by atoms with van der Waals surface area (Å²) in [4.78, 5) is 26.9. The Morgan fingerprint density at radius 3 is 2.50 bits per heavy atom. The lowest BCUT2D eigenvalue weighted by atomic mass is 10.6. The molecule has 2 heterocycles. The zero-order valence-corrected chi connectivity index (χ0v) is 10.5. The third-order valence-corrected chi connectivity index (χ3v) is 2.22. The molecule has 20 heavy (non-hydrogen) atoms. The Bertz CT molecular complexity index is 578. The quantitative estimate of drug-likeness (QED) is 0.615. The molecule has 0 aromatic carbocycles. The molecular weight excluding hydrogens is 272 g/mol. The van der Waals surface area contributed by atoms with Gasteiger partial charge in [-0.3, -0.25) is 0 Å². The first-order chi connectivity index (χ1) is 9.47. The van der Waals surface area contributed by atoms with Crippen LogP contribution < -0.4 is 0 Å². The van der Waals surface area contributed by atoms with Gasteiger partial charge in [0.1, 0.15) is 12.7 Å². The number of hydrogen-bond donors (Lipinski definition) is 1. The SMILES string of the molecule is Cc1ncc([N+](=O)[O-])n1CCO.O=[N+]([O-])n1ccnc1. The van der Waals surface area contributed by atoms with Crippen LogP contribution in [0.25, 0.3) is 0 Å². The van der Waals surface area contributed by atoms with Crippen molar-refractivity contribution in [2.75, 3.05) is 6.61 Å². The van der Waals surface area contributed by atoms with E-state index in [4.69, 9.17) is 5.11 Å². The zero-order chi connectivity index (χ0) is 15.1. The minimum atomic E-state index is -0.562. The van der Waals surface area contributed by atoms with Gasteiger partial charge in [0.2, 0.25) is 0 Å². The maximum Gasteiger partial charge on any atom is 0.342 e. The van der Waals surface area contributed by atoms with Crippen molar-refractivity contribution in [3.8, 4) is 0 Å². The van der Waals surface area contributed by atoms with Crippen molar-refractivity contribution in [2.24, 2.45) is 0 Å². The summed E-state index contributed by atoms with van der Waals surface area (Å²) in [5, 5.41) is 28.2. The Morgan fingerprint density at radius 1 is 1.40 bits per heavy atom. The summed E-state index contributed by atoms with van der Waals surface area (Å²) >= 11 is 0. The van der Waals surface area contributed by atoms with Gasteiger partial charge < -0.3 is 15.2 Å². The van der Waals surface area contributed by atoms with Crippen molar-refractivity contribution < 1.29 is 15.1 Å². The predicted octanol–water partition coefficient (Wildman–Crippen LogP) is 0.0149. The average Bonchev–Trinajstić information content (AvgIpc) is 3.01. The number of aliphatic hydroxyl groups excluding tert-OH is 1. The summed E-state index contributed by atoms with van der Waals surface area (Å²) in [6, 6.07) is 0. The van der Waals surface area contributed by atoms with E-state index in [-0.39, 0.29) is 19.0 Å². The zero-order valence-electron chi connectivity index (χ0n) is 10.5. The van der Waals surface area contributed by atoms with E-state index in [1.807, 2.05) is 0 Å². The number of imidazole rings is 2. The van der Waals surface area contributed by atoms with E-state index in [1.54, 1.807) is 6.92 Å². The molecule has 2 aromatic rings. The van der Waals surface area contributed by atoms with E-state index in [1.165, 1.54) is 23.2 Å². The van der Waals surface area contributed by atoms with Crippen LogP contribution in [0.2, 0.25) is 0 Å². The molecule has 0 atom stereocenters. The van der Waals surface area contributed by atoms with Crippen molar-refractivity contribution >= 4 is 5.82 Å². The molecule has 0 saturated heterocycles. The minimum Gasteiger partial charge on any atom is -0.392 e. The summed E-state index contributed by atoms with van der Waals surface area (Å²) in [6.07, 6.45) is 4.92. The Kier molecular flexibility index (Phi) is 5.29. The lowest BCUT2D eigenvalue weighted by Gasteiger charge is -1.98. The van der Waals surface area contributed by atoms with Gasteiger partial charge in [0.05, 0.1) is 19.0 Å². The highest BCUT2D eigenvalue weighted by Gasteiger charge is 2.15. The van der Waals surface area contributed by atoms with Gasteiger partial charge in [-0.15, -0.1) is 0 Å². The molecule has 11 heteroatoms. The summed E-state index contributed by atoms with van der Waals surface area (Å²) < 4.78 is 2.14. The number of aliphatic hydroxyl groups is 1. The Morgan fingerprint density at radius 2 is 2.10 bits per heavy atom. The molecular formula is C9H12N6O5. The van der Waals surface area contributed by atoms with Crippen LogP contribution in [-0.4, -0.2) is 40.9 Å². The summed E-state index contributed by atoms with van der Waals surface area (Å²) in [7, 11) is 0. The Balaban J connectivity index is 0.000000217. The third-order valence-electron chi connectivity index (χ3n) is 2.22.